The number of nitrogens with one attached hydrogen (secondary N) is 1. The molecule has 6 nitrogen and oxygen atoms in total. The molecule has 0 saturated carbocycles. The van der Waals surface area contributed by atoms with Crippen LogP contribution in [0.2, 0.25) is 0 Å². The first-order chi connectivity index (χ1) is 16.2. The maximum atomic E-state index is 12.7. The summed E-state index contributed by atoms with van der Waals surface area (Å²) < 4.78 is 11.1. The number of aromatic nitrogens is 2. The number of hydrogen-bond acceptors (Lipinski definition) is 6. The Bertz CT molecular complexity index is 1260. The van der Waals surface area contributed by atoms with Crippen molar-refractivity contribution in [2.24, 2.45) is 0 Å². The van der Waals surface area contributed by atoms with Crippen molar-refractivity contribution >= 4 is 34.4 Å². The van der Waals surface area contributed by atoms with Crippen molar-refractivity contribution in [3.63, 3.8) is 0 Å². The summed E-state index contributed by atoms with van der Waals surface area (Å²) in [6.07, 6.45) is 0.555. The second-order valence-electron chi connectivity index (χ2n) is 7.22. The van der Waals surface area contributed by atoms with Crippen LogP contribution in [-0.2, 0) is 11.2 Å². The Hall–Kier alpha value is -3.58. The first-order valence-corrected chi connectivity index (χ1v) is 11.7. The van der Waals surface area contributed by atoms with Crippen LogP contribution in [-0.4, -0.2) is 35.3 Å². The zero-order valence-corrected chi connectivity index (χ0v) is 19.4. The molecule has 168 valence electrons. The summed E-state index contributed by atoms with van der Waals surface area (Å²) in [7, 11) is 1.66. The molecular weight excluding hydrogens is 434 g/mol. The lowest BCUT2D eigenvalue weighted by Gasteiger charge is -2.13. The molecule has 1 N–H and O–H groups in total. The van der Waals surface area contributed by atoms with Crippen molar-refractivity contribution in [3.05, 3.63) is 84.1 Å². The summed E-state index contributed by atoms with van der Waals surface area (Å²) in [5.41, 5.74) is 4.10. The number of fused-ring (bicyclic) bond motifs is 1. The molecule has 0 aliphatic rings. The van der Waals surface area contributed by atoms with E-state index in [1.807, 2.05) is 79.7 Å². The Balaban J connectivity index is 1.56. The minimum Gasteiger partial charge on any atom is -0.496 e. The van der Waals surface area contributed by atoms with Gasteiger partial charge in [-0.15, -0.1) is 0 Å². The number of amides is 1. The fourth-order valence-electron chi connectivity index (χ4n) is 3.45. The third kappa shape index (κ3) is 5.62. The zero-order chi connectivity index (χ0) is 23.0. The largest absolute Gasteiger partial charge is 0.496 e. The molecule has 0 bridgehead atoms. The SMILES string of the molecule is CCOc1ccccc1NC(=O)CSc1nc2ccccc2nc1Cc1ccccc1OC. The monoisotopic (exact) mass is 459 g/mol. The van der Waals surface area contributed by atoms with Crippen LogP contribution in [0.5, 0.6) is 11.5 Å². The van der Waals surface area contributed by atoms with E-state index >= 15 is 0 Å². The van der Waals surface area contributed by atoms with Gasteiger partial charge in [-0.2, -0.15) is 0 Å². The number of rotatable bonds is 9. The van der Waals surface area contributed by atoms with Gasteiger partial charge in [0.1, 0.15) is 16.5 Å². The number of carbonyl (C=O) groups excluding carboxylic acids is 1. The van der Waals surface area contributed by atoms with Crippen LogP contribution in [0.25, 0.3) is 11.0 Å². The summed E-state index contributed by atoms with van der Waals surface area (Å²) in [6.45, 7) is 2.44. The van der Waals surface area contributed by atoms with Crippen LogP contribution in [0.3, 0.4) is 0 Å². The van der Waals surface area contributed by atoms with E-state index in [-0.39, 0.29) is 11.7 Å². The molecular formula is C26H25N3O3S. The Labute approximate surface area is 197 Å². The van der Waals surface area contributed by atoms with Crippen molar-refractivity contribution in [3.8, 4) is 11.5 Å². The van der Waals surface area contributed by atoms with Gasteiger partial charge < -0.3 is 14.8 Å². The summed E-state index contributed by atoms with van der Waals surface area (Å²) >= 11 is 1.37. The van der Waals surface area contributed by atoms with Gasteiger partial charge in [0.15, 0.2) is 0 Å². The summed E-state index contributed by atoms with van der Waals surface area (Å²) in [4.78, 5) is 22.4. The topological polar surface area (TPSA) is 73.3 Å². The highest BCUT2D eigenvalue weighted by atomic mass is 32.2. The molecule has 0 radical (unpaired) electrons. The van der Waals surface area contributed by atoms with E-state index in [9.17, 15) is 4.79 Å². The van der Waals surface area contributed by atoms with Gasteiger partial charge in [0.05, 0.1) is 41.9 Å². The minimum absolute atomic E-state index is 0.134. The molecule has 33 heavy (non-hydrogen) atoms. The molecule has 4 aromatic rings. The van der Waals surface area contributed by atoms with Gasteiger partial charge in [-0.05, 0) is 37.3 Å². The fourth-order valence-corrected chi connectivity index (χ4v) is 4.24. The van der Waals surface area contributed by atoms with E-state index in [0.29, 0.717) is 24.5 Å². The third-order valence-electron chi connectivity index (χ3n) is 4.96. The molecule has 4 rings (SSSR count). The molecule has 1 amide bonds. The number of methoxy groups -OCH3 is 1. The molecule has 1 aromatic heterocycles. The molecule has 0 atom stereocenters. The lowest BCUT2D eigenvalue weighted by atomic mass is 10.1. The fraction of sp³-hybridized carbons (Fsp3) is 0.192. The predicted octanol–water partition coefficient (Wildman–Crippen LogP) is 5.36. The number of nitrogens with zero attached hydrogens (tertiary/aromatic N) is 2. The second-order valence-corrected chi connectivity index (χ2v) is 8.18. The minimum atomic E-state index is -0.134. The van der Waals surface area contributed by atoms with Crippen molar-refractivity contribution < 1.29 is 14.3 Å². The predicted molar refractivity (Wildman–Crippen MR) is 132 cm³/mol. The van der Waals surface area contributed by atoms with Gasteiger partial charge in [-0.25, -0.2) is 9.97 Å². The number of ether oxygens (including phenoxy) is 2. The van der Waals surface area contributed by atoms with Gasteiger partial charge in [-0.3, -0.25) is 4.79 Å². The van der Waals surface area contributed by atoms with Crippen LogP contribution >= 0.6 is 11.8 Å². The van der Waals surface area contributed by atoms with E-state index in [2.05, 4.69) is 5.32 Å². The average Bonchev–Trinajstić information content (AvgIpc) is 2.84. The van der Waals surface area contributed by atoms with Crippen LogP contribution < -0.4 is 14.8 Å². The van der Waals surface area contributed by atoms with Crippen LogP contribution in [0.4, 0.5) is 5.69 Å². The lowest BCUT2D eigenvalue weighted by Crippen LogP contribution is -2.15. The Morgan fingerprint density at radius 1 is 0.909 bits per heavy atom. The molecule has 0 saturated heterocycles. The highest BCUT2D eigenvalue weighted by molar-refractivity contribution is 8.00. The first kappa shape index (κ1) is 22.6. The van der Waals surface area contributed by atoms with Gasteiger partial charge in [0.25, 0.3) is 0 Å². The van der Waals surface area contributed by atoms with Gasteiger partial charge in [0.2, 0.25) is 5.91 Å². The molecule has 0 spiro atoms. The maximum Gasteiger partial charge on any atom is 0.234 e. The molecule has 0 fully saturated rings. The van der Waals surface area contributed by atoms with Crippen LogP contribution in [0.15, 0.2) is 77.8 Å². The average molecular weight is 460 g/mol. The third-order valence-corrected chi connectivity index (χ3v) is 5.96. The Morgan fingerprint density at radius 2 is 1.58 bits per heavy atom. The molecule has 0 aliphatic carbocycles. The van der Waals surface area contributed by atoms with Crippen LogP contribution in [0.1, 0.15) is 18.2 Å². The first-order valence-electron chi connectivity index (χ1n) is 10.7. The van der Waals surface area contributed by atoms with E-state index < -0.39 is 0 Å². The highest BCUT2D eigenvalue weighted by Crippen LogP contribution is 2.28. The molecule has 3 aromatic carbocycles. The van der Waals surface area contributed by atoms with Gasteiger partial charge >= 0.3 is 0 Å². The van der Waals surface area contributed by atoms with E-state index in [0.717, 1.165) is 33.1 Å². The molecule has 0 unspecified atom stereocenters. The Kier molecular flexibility index (Phi) is 7.42. The number of thioether (sulfide) groups is 1. The summed E-state index contributed by atoms with van der Waals surface area (Å²) in [5, 5.41) is 3.67. The normalized spacial score (nSPS) is 10.7. The molecule has 0 aliphatic heterocycles. The van der Waals surface area contributed by atoms with Gasteiger partial charge in [-0.1, -0.05) is 54.2 Å². The van der Waals surface area contributed by atoms with Gasteiger partial charge in [0, 0.05) is 12.0 Å². The quantitative estimate of drug-likeness (QED) is 0.340. The highest BCUT2D eigenvalue weighted by Gasteiger charge is 2.15. The Morgan fingerprint density at radius 3 is 2.33 bits per heavy atom. The smallest absolute Gasteiger partial charge is 0.234 e. The lowest BCUT2D eigenvalue weighted by molar-refractivity contribution is -0.113. The summed E-state index contributed by atoms with van der Waals surface area (Å²) in [5.74, 6) is 1.52. The standard InChI is InChI=1S/C26H25N3O3S/c1-3-32-24-15-9-7-13-21(24)28-25(30)17-33-26-22(16-18-10-4-8-14-23(18)31-2)27-19-11-5-6-12-20(19)29-26/h4-15H,3,16-17H2,1-2H3,(H,28,30). The van der Waals surface area contributed by atoms with E-state index in [1.165, 1.54) is 11.8 Å². The molecule has 1 heterocycles. The van der Waals surface area contributed by atoms with Crippen molar-refractivity contribution in [1.82, 2.24) is 9.97 Å². The summed E-state index contributed by atoms with van der Waals surface area (Å²) in [6, 6.07) is 23.0. The zero-order valence-electron chi connectivity index (χ0n) is 18.6. The van der Waals surface area contributed by atoms with Crippen LogP contribution in [0, 0.1) is 0 Å². The van der Waals surface area contributed by atoms with Crippen molar-refractivity contribution in [1.29, 1.82) is 0 Å². The van der Waals surface area contributed by atoms with Crippen molar-refractivity contribution in [2.45, 2.75) is 18.4 Å². The van der Waals surface area contributed by atoms with Crippen molar-refractivity contribution in [2.75, 3.05) is 24.8 Å². The number of hydrogen-bond donors (Lipinski definition) is 1. The second kappa shape index (κ2) is 10.8. The number of anilines is 1. The number of benzene rings is 3. The number of para-hydroxylation sites is 5. The van der Waals surface area contributed by atoms with E-state index in [4.69, 9.17) is 19.4 Å². The van der Waals surface area contributed by atoms with E-state index in [1.54, 1.807) is 7.11 Å². The maximum absolute atomic E-state index is 12.7. The number of carbonyl (C=O) groups is 1. The molecule has 7 heteroatoms.